The highest BCUT2D eigenvalue weighted by atomic mass is 19.4. The molecule has 1 aliphatic rings. The van der Waals surface area contributed by atoms with Gasteiger partial charge in [0.15, 0.2) is 6.04 Å². The first-order valence-electron chi connectivity index (χ1n) is 10.8. The first-order valence-corrected chi connectivity index (χ1v) is 10.8. The number of amides is 2. The van der Waals surface area contributed by atoms with Crippen LogP contribution in [0.2, 0.25) is 0 Å². The second-order valence-corrected chi connectivity index (χ2v) is 8.55. The second-order valence-electron chi connectivity index (χ2n) is 8.55. The normalized spacial score (nSPS) is 15.7. The maximum Gasteiger partial charge on any atom is 0.412 e. The largest absolute Gasteiger partial charge is 0.412 e. The summed E-state index contributed by atoms with van der Waals surface area (Å²) in [5.41, 5.74) is -1.93. The summed E-state index contributed by atoms with van der Waals surface area (Å²) >= 11 is 0. The van der Waals surface area contributed by atoms with Crippen LogP contribution in [0.1, 0.15) is 64.4 Å². The summed E-state index contributed by atoms with van der Waals surface area (Å²) < 4.78 is 42.7. The fraction of sp³-hybridized carbons (Fsp3) is 0.478. The first-order chi connectivity index (χ1) is 15.6. The van der Waals surface area contributed by atoms with E-state index in [1.807, 2.05) is 5.32 Å². The molecule has 0 unspecified atom stereocenters. The lowest BCUT2D eigenvalue weighted by Crippen LogP contribution is -2.41. The molecule has 2 amide bonds. The number of carbonyl (C=O) groups is 2. The van der Waals surface area contributed by atoms with Crippen molar-refractivity contribution in [2.24, 2.45) is 5.92 Å². The third-order valence-corrected chi connectivity index (χ3v) is 5.77. The molecule has 0 spiro atoms. The molecule has 178 valence electrons. The van der Waals surface area contributed by atoms with Crippen molar-refractivity contribution in [1.29, 1.82) is 0 Å². The predicted octanol–water partition coefficient (Wildman–Crippen LogP) is 3.56. The van der Waals surface area contributed by atoms with Crippen LogP contribution in [0, 0.1) is 5.92 Å². The summed E-state index contributed by atoms with van der Waals surface area (Å²) in [4.78, 5) is 43.3. The van der Waals surface area contributed by atoms with E-state index in [1.165, 1.54) is 49.7 Å². The molecule has 7 nitrogen and oxygen atoms in total. The number of rotatable bonds is 6. The first kappa shape index (κ1) is 24.5. The highest BCUT2D eigenvalue weighted by Gasteiger charge is 2.42. The molecule has 10 heteroatoms. The van der Waals surface area contributed by atoms with Gasteiger partial charge in [-0.2, -0.15) is 13.2 Å². The molecule has 0 radical (unpaired) electrons. The van der Waals surface area contributed by atoms with Crippen LogP contribution in [0.3, 0.4) is 0 Å². The van der Waals surface area contributed by atoms with E-state index in [-0.39, 0.29) is 11.1 Å². The van der Waals surface area contributed by atoms with Crippen LogP contribution in [0.5, 0.6) is 0 Å². The molecule has 1 atom stereocenters. The van der Waals surface area contributed by atoms with Gasteiger partial charge in [0.2, 0.25) is 5.43 Å². The smallest absolute Gasteiger partial charge is 0.352 e. The Morgan fingerprint density at radius 3 is 2.42 bits per heavy atom. The SMILES string of the molecule is CN(C)C(=O)c1cn(CC2CCCCC2)cc(C(=O)N[C@@H](c2cccnc2)C(F)(F)F)c1=O. The van der Waals surface area contributed by atoms with E-state index in [2.05, 4.69) is 4.98 Å². The van der Waals surface area contributed by atoms with Crippen LogP contribution in [-0.2, 0) is 6.54 Å². The Hall–Kier alpha value is -3.17. The van der Waals surface area contributed by atoms with Crippen LogP contribution in [0.15, 0.2) is 41.7 Å². The van der Waals surface area contributed by atoms with Crippen molar-refractivity contribution in [3.63, 3.8) is 0 Å². The minimum Gasteiger partial charge on any atom is -0.352 e. The van der Waals surface area contributed by atoms with Crippen LogP contribution < -0.4 is 10.7 Å². The number of nitrogens with one attached hydrogen (secondary N) is 1. The van der Waals surface area contributed by atoms with E-state index in [0.717, 1.165) is 38.3 Å². The molecule has 2 aromatic rings. The lowest BCUT2D eigenvalue weighted by molar-refractivity contribution is -0.155. The Labute approximate surface area is 189 Å². The molecule has 0 bridgehead atoms. The van der Waals surface area contributed by atoms with Gasteiger partial charge in [-0.3, -0.25) is 19.4 Å². The molecule has 2 aromatic heterocycles. The summed E-state index contributed by atoms with van der Waals surface area (Å²) in [5.74, 6) is -1.51. The molecule has 0 saturated heterocycles. The van der Waals surface area contributed by atoms with E-state index < -0.39 is 35.0 Å². The highest BCUT2D eigenvalue weighted by molar-refractivity contribution is 5.99. The number of nitrogens with zero attached hydrogens (tertiary/aromatic N) is 3. The molecule has 3 rings (SSSR count). The Morgan fingerprint density at radius 1 is 1.18 bits per heavy atom. The van der Waals surface area contributed by atoms with Crippen LogP contribution in [0.25, 0.3) is 0 Å². The predicted molar refractivity (Wildman–Crippen MR) is 116 cm³/mol. The molecule has 2 heterocycles. The summed E-state index contributed by atoms with van der Waals surface area (Å²) in [7, 11) is 2.92. The Balaban J connectivity index is 1.99. The van der Waals surface area contributed by atoms with Gasteiger partial charge >= 0.3 is 6.18 Å². The number of aromatic nitrogens is 2. The van der Waals surface area contributed by atoms with Gasteiger partial charge in [0.25, 0.3) is 11.8 Å². The number of halogens is 3. The van der Waals surface area contributed by atoms with Crippen molar-refractivity contribution in [3.8, 4) is 0 Å². The average Bonchev–Trinajstić information content (AvgIpc) is 2.78. The minimum atomic E-state index is -4.81. The van der Waals surface area contributed by atoms with E-state index in [9.17, 15) is 27.6 Å². The molecule has 1 fully saturated rings. The molecule has 1 aliphatic carbocycles. The monoisotopic (exact) mass is 464 g/mol. The highest BCUT2D eigenvalue weighted by Crippen LogP contribution is 2.32. The number of hydrogen-bond acceptors (Lipinski definition) is 4. The quantitative estimate of drug-likeness (QED) is 0.709. The number of alkyl halides is 3. The third kappa shape index (κ3) is 6.00. The number of hydrogen-bond donors (Lipinski definition) is 1. The Kier molecular flexibility index (Phi) is 7.55. The molecule has 1 N–H and O–H groups in total. The number of pyridine rings is 2. The summed E-state index contributed by atoms with van der Waals surface area (Å²) in [6, 6.07) is 0.171. The van der Waals surface area contributed by atoms with Gasteiger partial charge < -0.3 is 14.8 Å². The summed E-state index contributed by atoms with van der Waals surface area (Å²) in [5, 5.41) is 1.91. The van der Waals surface area contributed by atoms with E-state index >= 15 is 0 Å². The van der Waals surface area contributed by atoms with Crippen LogP contribution in [0.4, 0.5) is 13.2 Å². The molecular weight excluding hydrogens is 437 g/mol. The minimum absolute atomic E-state index is 0.256. The molecule has 33 heavy (non-hydrogen) atoms. The maximum absolute atomic E-state index is 13.7. The van der Waals surface area contributed by atoms with E-state index in [1.54, 1.807) is 4.57 Å². The van der Waals surface area contributed by atoms with Crippen molar-refractivity contribution < 1.29 is 22.8 Å². The Bertz CT molecular complexity index is 1050. The maximum atomic E-state index is 13.7. The zero-order valence-corrected chi connectivity index (χ0v) is 18.6. The van der Waals surface area contributed by atoms with Gasteiger partial charge in [0.1, 0.15) is 11.1 Å². The standard InChI is InChI=1S/C23H27F3N4O3/c1-29(2)22(33)18-14-30(12-15-7-4-3-5-8-15)13-17(19(18)31)21(32)28-20(23(24,25)26)16-9-6-10-27-11-16/h6,9-11,13-15,20H,3-5,7-8,12H2,1-2H3,(H,28,32)/t20-/m0/s1. The number of carbonyl (C=O) groups excluding carboxylic acids is 2. The van der Waals surface area contributed by atoms with Crippen molar-refractivity contribution >= 4 is 11.8 Å². The summed E-state index contributed by atoms with van der Waals surface area (Å²) in [6.07, 6.45) is 5.38. The van der Waals surface area contributed by atoms with Gasteiger partial charge in [0.05, 0.1) is 0 Å². The fourth-order valence-corrected chi connectivity index (χ4v) is 4.07. The average molecular weight is 464 g/mol. The van der Waals surface area contributed by atoms with E-state index in [4.69, 9.17) is 0 Å². The van der Waals surface area contributed by atoms with Crippen molar-refractivity contribution in [3.05, 3.63) is 63.8 Å². The zero-order chi connectivity index (χ0) is 24.2. The van der Waals surface area contributed by atoms with Crippen molar-refractivity contribution in [2.45, 2.75) is 50.9 Å². The second kappa shape index (κ2) is 10.2. The molecule has 1 saturated carbocycles. The molecular formula is C23H27F3N4O3. The van der Waals surface area contributed by atoms with Crippen LogP contribution >= 0.6 is 0 Å². The summed E-state index contributed by atoms with van der Waals surface area (Å²) in [6.45, 7) is 0.472. The fourth-order valence-electron chi connectivity index (χ4n) is 4.07. The van der Waals surface area contributed by atoms with Gasteiger partial charge in [-0.05, 0) is 24.8 Å². The topological polar surface area (TPSA) is 84.3 Å². The van der Waals surface area contributed by atoms with Crippen molar-refractivity contribution in [1.82, 2.24) is 19.8 Å². The molecule has 0 aliphatic heterocycles. The van der Waals surface area contributed by atoms with Gasteiger partial charge in [-0.25, -0.2) is 0 Å². The van der Waals surface area contributed by atoms with E-state index in [0.29, 0.717) is 12.5 Å². The lowest BCUT2D eigenvalue weighted by Gasteiger charge is -2.24. The van der Waals surface area contributed by atoms with Gasteiger partial charge in [-0.15, -0.1) is 0 Å². The zero-order valence-electron chi connectivity index (χ0n) is 18.6. The Morgan fingerprint density at radius 2 is 1.85 bits per heavy atom. The third-order valence-electron chi connectivity index (χ3n) is 5.77. The molecule has 0 aromatic carbocycles. The van der Waals surface area contributed by atoms with Crippen LogP contribution in [-0.4, -0.2) is 46.5 Å². The van der Waals surface area contributed by atoms with Crippen molar-refractivity contribution in [2.75, 3.05) is 14.1 Å². The van der Waals surface area contributed by atoms with Gasteiger partial charge in [0, 0.05) is 51.0 Å². The van der Waals surface area contributed by atoms with Gasteiger partial charge in [-0.1, -0.05) is 25.3 Å². The lowest BCUT2D eigenvalue weighted by atomic mass is 9.89.